The van der Waals surface area contributed by atoms with Gasteiger partial charge in [0.25, 0.3) is 0 Å². The molecule has 0 amide bonds. The normalized spacial score (nSPS) is 10.9. The maximum atomic E-state index is 9.70. The van der Waals surface area contributed by atoms with Crippen molar-refractivity contribution >= 4 is 34.9 Å². The summed E-state index contributed by atoms with van der Waals surface area (Å²) >= 11 is 12.2. The molecule has 0 aliphatic heterocycles. The zero-order valence-electron chi connectivity index (χ0n) is 17.8. The molecular formula is C25H21Cl2NO4. The molecule has 0 atom stereocenters. The number of benzene rings is 3. The fraction of sp³-hybridized carbons (Fsp3) is 0.160. The number of hydrogen-bond donors (Lipinski definition) is 0. The van der Waals surface area contributed by atoms with E-state index in [0.29, 0.717) is 44.2 Å². The van der Waals surface area contributed by atoms with Crippen molar-refractivity contribution in [1.29, 1.82) is 5.26 Å². The minimum atomic E-state index is 0.261. The molecule has 0 unspecified atom stereocenters. The number of halogens is 2. The van der Waals surface area contributed by atoms with E-state index in [0.717, 1.165) is 11.1 Å². The van der Waals surface area contributed by atoms with Crippen molar-refractivity contribution in [2.24, 2.45) is 0 Å². The van der Waals surface area contributed by atoms with Crippen LogP contribution in [0.3, 0.4) is 0 Å². The zero-order chi connectivity index (χ0) is 23.1. The Bertz CT molecular complexity index is 1190. The van der Waals surface area contributed by atoms with Crippen LogP contribution in [0.5, 0.6) is 23.0 Å². The average Bonchev–Trinajstić information content (AvgIpc) is 2.81. The van der Waals surface area contributed by atoms with Crippen molar-refractivity contribution in [3.05, 3.63) is 81.3 Å². The standard InChI is InChI=1S/C25H21Cl2NO4/c1-29-22-9-6-17(12-25(22)31-3)19(14-28)10-16-4-8-23(24(11-16)30-2)32-15-18-5-7-20(26)13-21(18)27/h4-13H,15H2,1-3H3. The summed E-state index contributed by atoms with van der Waals surface area (Å²) < 4.78 is 22.0. The van der Waals surface area contributed by atoms with Crippen LogP contribution >= 0.6 is 23.2 Å². The Balaban J connectivity index is 1.85. The highest BCUT2D eigenvalue weighted by molar-refractivity contribution is 6.35. The zero-order valence-corrected chi connectivity index (χ0v) is 19.3. The van der Waals surface area contributed by atoms with Crippen molar-refractivity contribution in [2.75, 3.05) is 21.3 Å². The summed E-state index contributed by atoms with van der Waals surface area (Å²) in [6.07, 6.45) is 1.77. The molecule has 3 aromatic rings. The summed E-state index contributed by atoms with van der Waals surface area (Å²) in [5, 5.41) is 10.8. The monoisotopic (exact) mass is 469 g/mol. The van der Waals surface area contributed by atoms with E-state index in [1.807, 2.05) is 12.1 Å². The third kappa shape index (κ3) is 5.47. The van der Waals surface area contributed by atoms with Crippen molar-refractivity contribution in [1.82, 2.24) is 0 Å². The number of ether oxygens (including phenoxy) is 4. The highest BCUT2D eigenvalue weighted by Gasteiger charge is 2.11. The SMILES string of the molecule is COc1ccc(C(C#N)=Cc2ccc(OCc3ccc(Cl)cc3Cl)c(OC)c2)cc1OC. The lowest BCUT2D eigenvalue weighted by molar-refractivity contribution is 0.284. The molecule has 7 heteroatoms. The smallest absolute Gasteiger partial charge is 0.161 e. The van der Waals surface area contributed by atoms with Crippen molar-refractivity contribution < 1.29 is 18.9 Å². The first-order valence-electron chi connectivity index (χ1n) is 9.58. The summed E-state index contributed by atoms with van der Waals surface area (Å²) in [4.78, 5) is 0. The number of hydrogen-bond acceptors (Lipinski definition) is 5. The number of nitrogens with zero attached hydrogens (tertiary/aromatic N) is 1. The lowest BCUT2D eigenvalue weighted by Gasteiger charge is -2.13. The van der Waals surface area contributed by atoms with Gasteiger partial charge in [-0.2, -0.15) is 5.26 Å². The molecule has 0 aromatic heterocycles. The molecule has 0 bridgehead atoms. The van der Waals surface area contributed by atoms with Crippen LogP contribution in [-0.4, -0.2) is 21.3 Å². The molecule has 0 radical (unpaired) electrons. The topological polar surface area (TPSA) is 60.7 Å². The Morgan fingerprint density at radius 2 is 1.53 bits per heavy atom. The van der Waals surface area contributed by atoms with Crippen LogP contribution in [0.25, 0.3) is 11.6 Å². The van der Waals surface area contributed by atoms with Gasteiger partial charge in [0.2, 0.25) is 0 Å². The van der Waals surface area contributed by atoms with Gasteiger partial charge in [0, 0.05) is 15.6 Å². The maximum absolute atomic E-state index is 9.70. The largest absolute Gasteiger partial charge is 0.493 e. The predicted octanol–water partition coefficient (Wildman–Crippen LogP) is 6.66. The second-order valence-corrected chi connectivity index (χ2v) is 7.52. The van der Waals surface area contributed by atoms with E-state index in [4.69, 9.17) is 42.1 Å². The Hall–Kier alpha value is -3.33. The van der Waals surface area contributed by atoms with E-state index in [1.165, 1.54) is 0 Å². The Labute approximate surface area is 197 Å². The Morgan fingerprint density at radius 3 is 2.19 bits per heavy atom. The molecule has 3 rings (SSSR count). The van der Waals surface area contributed by atoms with Gasteiger partial charge in [0.1, 0.15) is 6.61 Å². The maximum Gasteiger partial charge on any atom is 0.161 e. The average molecular weight is 470 g/mol. The molecule has 3 aromatic carbocycles. The van der Waals surface area contributed by atoms with Gasteiger partial charge in [-0.3, -0.25) is 0 Å². The second kappa shape index (κ2) is 10.8. The third-order valence-electron chi connectivity index (χ3n) is 4.71. The quantitative estimate of drug-likeness (QED) is 0.272. The molecule has 0 spiro atoms. The molecule has 0 heterocycles. The minimum Gasteiger partial charge on any atom is -0.493 e. The highest BCUT2D eigenvalue weighted by Crippen LogP contribution is 2.33. The second-order valence-electron chi connectivity index (χ2n) is 6.67. The van der Waals surface area contributed by atoms with E-state index in [2.05, 4.69) is 6.07 Å². The van der Waals surface area contributed by atoms with Gasteiger partial charge in [0.05, 0.1) is 33.0 Å². The van der Waals surface area contributed by atoms with Crippen molar-refractivity contribution in [3.63, 3.8) is 0 Å². The fourth-order valence-corrected chi connectivity index (χ4v) is 3.50. The molecule has 0 aliphatic rings. The number of rotatable bonds is 8. The lowest BCUT2D eigenvalue weighted by Crippen LogP contribution is -1.98. The molecule has 164 valence electrons. The van der Waals surface area contributed by atoms with Gasteiger partial charge in [-0.15, -0.1) is 0 Å². The third-order valence-corrected chi connectivity index (χ3v) is 5.30. The van der Waals surface area contributed by atoms with E-state index in [9.17, 15) is 5.26 Å². The van der Waals surface area contributed by atoms with Crippen LogP contribution in [0.2, 0.25) is 10.0 Å². The van der Waals surface area contributed by atoms with Gasteiger partial charge in [-0.05, 0) is 59.7 Å². The minimum absolute atomic E-state index is 0.261. The predicted molar refractivity (Wildman–Crippen MR) is 127 cm³/mol. The van der Waals surface area contributed by atoms with Crippen LogP contribution in [0, 0.1) is 11.3 Å². The van der Waals surface area contributed by atoms with Gasteiger partial charge in [0.15, 0.2) is 23.0 Å². The van der Waals surface area contributed by atoms with Gasteiger partial charge in [-0.25, -0.2) is 0 Å². The van der Waals surface area contributed by atoms with Crippen LogP contribution < -0.4 is 18.9 Å². The van der Waals surface area contributed by atoms with E-state index in [-0.39, 0.29) is 6.61 Å². The van der Waals surface area contributed by atoms with Crippen molar-refractivity contribution in [3.8, 4) is 29.1 Å². The van der Waals surface area contributed by atoms with Gasteiger partial charge in [-0.1, -0.05) is 35.3 Å². The molecule has 0 aliphatic carbocycles. The van der Waals surface area contributed by atoms with Crippen LogP contribution in [-0.2, 0) is 6.61 Å². The van der Waals surface area contributed by atoms with E-state index in [1.54, 1.807) is 69.9 Å². The molecule has 32 heavy (non-hydrogen) atoms. The molecule has 5 nitrogen and oxygen atoms in total. The fourth-order valence-electron chi connectivity index (χ4n) is 3.04. The molecule has 0 fully saturated rings. The van der Waals surface area contributed by atoms with E-state index >= 15 is 0 Å². The molecular weight excluding hydrogens is 449 g/mol. The first-order chi connectivity index (χ1) is 15.5. The number of methoxy groups -OCH3 is 3. The molecule has 0 saturated heterocycles. The summed E-state index contributed by atoms with van der Waals surface area (Å²) in [7, 11) is 4.68. The van der Waals surface area contributed by atoms with Crippen molar-refractivity contribution in [2.45, 2.75) is 6.61 Å². The van der Waals surface area contributed by atoms with Gasteiger partial charge < -0.3 is 18.9 Å². The highest BCUT2D eigenvalue weighted by atomic mass is 35.5. The Morgan fingerprint density at radius 1 is 0.844 bits per heavy atom. The first kappa shape index (κ1) is 23.3. The summed E-state index contributed by atoms with van der Waals surface area (Å²) in [5.74, 6) is 2.24. The molecule has 0 saturated carbocycles. The van der Waals surface area contributed by atoms with Crippen LogP contribution in [0.1, 0.15) is 16.7 Å². The first-order valence-corrected chi connectivity index (χ1v) is 10.3. The van der Waals surface area contributed by atoms with Crippen LogP contribution in [0.4, 0.5) is 0 Å². The Kier molecular flexibility index (Phi) is 7.88. The van der Waals surface area contributed by atoms with E-state index < -0.39 is 0 Å². The molecule has 0 N–H and O–H groups in total. The summed E-state index contributed by atoms with van der Waals surface area (Å²) in [6.45, 7) is 0.261. The van der Waals surface area contributed by atoms with Gasteiger partial charge >= 0.3 is 0 Å². The van der Waals surface area contributed by atoms with Crippen LogP contribution in [0.15, 0.2) is 54.6 Å². The number of allylic oxidation sites excluding steroid dienone is 1. The summed E-state index contributed by atoms with van der Waals surface area (Å²) in [5.41, 5.74) is 2.77. The number of nitriles is 1. The summed E-state index contributed by atoms with van der Waals surface area (Å²) in [6, 6.07) is 18.2. The lowest BCUT2D eigenvalue weighted by atomic mass is 10.0.